The van der Waals surface area contributed by atoms with Gasteiger partial charge in [0, 0.05) is 6.26 Å². The summed E-state index contributed by atoms with van der Waals surface area (Å²) in [4.78, 5) is 25.8. The number of carbonyl (C=O) groups is 2. The second-order valence-corrected chi connectivity index (χ2v) is 12.2. The normalized spacial score (nSPS) is 19.9. The summed E-state index contributed by atoms with van der Waals surface area (Å²) < 4.78 is 25.3. The van der Waals surface area contributed by atoms with E-state index < -0.39 is 38.2 Å². The minimum atomic E-state index is -3.79. The SMILES string of the molecule is CC(C)C[C@@H](C(=O)NN)[C@@H](C(=O)NO)C(CC(C)C)(CC1CCCCC1)S(C)(=O)=O. The smallest absolute Gasteiger partial charge is 0.248 e. The van der Waals surface area contributed by atoms with Crippen molar-refractivity contribution in [2.24, 2.45) is 35.4 Å². The van der Waals surface area contributed by atoms with Crippen molar-refractivity contribution in [3.05, 3.63) is 0 Å². The number of amides is 2. The predicted molar refractivity (Wildman–Crippen MR) is 117 cm³/mol. The molecular formula is C21H41N3O5S. The first-order valence-corrected chi connectivity index (χ1v) is 12.9. The Hall–Kier alpha value is -1.19. The number of hydrogen-bond acceptors (Lipinski definition) is 6. The minimum absolute atomic E-state index is 0.0206. The monoisotopic (exact) mass is 447 g/mol. The Kier molecular flexibility index (Phi) is 10.2. The maximum absolute atomic E-state index is 13.4. The van der Waals surface area contributed by atoms with Crippen LogP contribution in [0.1, 0.15) is 79.1 Å². The van der Waals surface area contributed by atoms with Gasteiger partial charge in [0.2, 0.25) is 11.8 Å². The molecule has 1 fully saturated rings. The molecule has 0 aliphatic heterocycles. The van der Waals surface area contributed by atoms with E-state index in [4.69, 9.17) is 5.84 Å². The number of carbonyl (C=O) groups excluding carboxylic acids is 2. The summed E-state index contributed by atoms with van der Waals surface area (Å²) in [6.45, 7) is 7.62. The van der Waals surface area contributed by atoms with Gasteiger partial charge in [0.1, 0.15) is 0 Å². The highest BCUT2D eigenvalue weighted by atomic mass is 32.2. The van der Waals surface area contributed by atoms with Crippen molar-refractivity contribution in [3.8, 4) is 0 Å². The molecule has 9 heteroatoms. The van der Waals surface area contributed by atoms with Crippen molar-refractivity contribution in [3.63, 3.8) is 0 Å². The number of rotatable bonds is 11. The molecule has 1 aliphatic carbocycles. The highest BCUT2D eigenvalue weighted by molar-refractivity contribution is 7.92. The van der Waals surface area contributed by atoms with Crippen molar-refractivity contribution in [2.45, 2.75) is 83.8 Å². The quantitative estimate of drug-likeness (QED) is 0.166. The summed E-state index contributed by atoms with van der Waals surface area (Å²) in [5.41, 5.74) is 3.78. The van der Waals surface area contributed by atoms with Crippen molar-refractivity contribution in [1.29, 1.82) is 0 Å². The zero-order valence-corrected chi connectivity index (χ0v) is 19.9. The lowest BCUT2D eigenvalue weighted by Gasteiger charge is -2.45. The molecule has 0 aromatic carbocycles. The first-order valence-electron chi connectivity index (χ1n) is 11.0. The van der Waals surface area contributed by atoms with Gasteiger partial charge >= 0.3 is 0 Å². The summed E-state index contributed by atoms with van der Waals surface area (Å²) in [7, 11) is -3.79. The van der Waals surface area contributed by atoms with Crippen LogP contribution in [0.5, 0.6) is 0 Å². The fourth-order valence-electron chi connectivity index (χ4n) is 5.31. The van der Waals surface area contributed by atoms with E-state index in [-0.39, 0.29) is 30.6 Å². The zero-order chi connectivity index (χ0) is 23.1. The molecular weight excluding hydrogens is 406 g/mol. The Balaban J connectivity index is 3.70. The molecule has 1 rings (SSSR count). The van der Waals surface area contributed by atoms with Gasteiger partial charge in [-0.3, -0.25) is 20.2 Å². The molecule has 5 N–H and O–H groups in total. The van der Waals surface area contributed by atoms with Crippen LogP contribution in [0.15, 0.2) is 0 Å². The van der Waals surface area contributed by atoms with Gasteiger partial charge in [-0.2, -0.15) is 0 Å². The van der Waals surface area contributed by atoms with Gasteiger partial charge in [0.05, 0.1) is 16.6 Å². The Morgan fingerprint density at radius 1 is 1.07 bits per heavy atom. The molecule has 176 valence electrons. The summed E-state index contributed by atoms with van der Waals surface area (Å²) in [6.07, 6.45) is 6.95. The van der Waals surface area contributed by atoms with E-state index in [1.807, 2.05) is 27.7 Å². The van der Waals surface area contributed by atoms with Crippen LogP contribution < -0.4 is 16.7 Å². The van der Waals surface area contributed by atoms with Crippen molar-refractivity contribution in [1.82, 2.24) is 10.9 Å². The summed E-state index contributed by atoms with van der Waals surface area (Å²) >= 11 is 0. The molecule has 1 aliphatic rings. The molecule has 2 amide bonds. The minimum Gasteiger partial charge on any atom is -0.294 e. The van der Waals surface area contributed by atoms with E-state index in [2.05, 4.69) is 5.43 Å². The maximum atomic E-state index is 13.4. The van der Waals surface area contributed by atoms with Crippen LogP contribution in [-0.4, -0.2) is 36.4 Å². The first-order chi connectivity index (χ1) is 13.9. The number of nitrogens with one attached hydrogen (secondary N) is 2. The van der Waals surface area contributed by atoms with Gasteiger partial charge in [-0.25, -0.2) is 19.7 Å². The van der Waals surface area contributed by atoms with Crippen molar-refractivity contribution < 1.29 is 23.2 Å². The van der Waals surface area contributed by atoms with Crippen LogP contribution in [0, 0.1) is 29.6 Å². The third kappa shape index (κ3) is 6.65. The molecule has 0 heterocycles. The predicted octanol–water partition coefficient (Wildman–Crippen LogP) is 2.56. The molecule has 0 spiro atoms. The van der Waals surface area contributed by atoms with Crippen LogP contribution in [0.2, 0.25) is 0 Å². The van der Waals surface area contributed by atoms with Gasteiger partial charge in [-0.05, 0) is 37.0 Å². The second kappa shape index (κ2) is 11.4. The lowest BCUT2D eigenvalue weighted by molar-refractivity contribution is -0.143. The highest BCUT2D eigenvalue weighted by Crippen LogP contribution is 2.46. The first kappa shape index (κ1) is 26.8. The maximum Gasteiger partial charge on any atom is 0.248 e. The average molecular weight is 448 g/mol. The average Bonchev–Trinajstić information content (AvgIpc) is 2.65. The van der Waals surface area contributed by atoms with Crippen LogP contribution in [0.3, 0.4) is 0 Å². The second-order valence-electron chi connectivity index (χ2n) is 9.84. The Morgan fingerprint density at radius 3 is 2.03 bits per heavy atom. The summed E-state index contributed by atoms with van der Waals surface area (Å²) in [5, 5.41) is 9.55. The van der Waals surface area contributed by atoms with Gasteiger partial charge in [0.15, 0.2) is 9.84 Å². The molecule has 0 aromatic rings. The number of hydrazine groups is 1. The fourth-order valence-corrected chi connectivity index (χ4v) is 7.22. The third-order valence-electron chi connectivity index (χ3n) is 6.42. The number of hydrogen-bond donors (Lipinski definition) is 4. The fraction of sp³-hybridized carbons (Fsp3) is 0.905. The van der Waals surface area contributed by atoms with E-state index in [0.717, 1.165) is 38.4 Å². The van der Waals surface area contributed by atoms with Crippen LogP contribution in [0.4, 0.5) is 0 Å². The van der Waals surface area contributed by atoms with Crippen LogP contribution in [-0.2, 0) is 19.4 Å². The topological polar surface area (TPSA) is 139 Å². The van der Waals surface area contributed by atoms with Gasteiger partial charge in [-0.1, -0.05) is 59.8 Å². The number of nitrogens with two attached hydrogens (primary N) is 1. The zero-order valence-electron chi connectivity index (χ0n) is 19.1. The molecule has 0 radical (unpaired) electrons. The van der Waals surface area contributed by atoms with Crippen LogP contribution >= 0.6 is 0 Å². The lowest BCUT2D eigenvalue weighted by Crippen LogP contribution is -2.59. The van der Waals surface area contributed by atoms with Gasteiger partial charge in [-0.15, -0.1) is 0 Å². The van der Waals surface area contributed by atoms with Crippen LogP contribution in [0.25, 0.3) is 0 Å². The molecule has 0 aromatic heterocycles. The van der Waals surface area contributed by atoms with Crippen molar-refractivity contribution in [2.75, 3.05) is 6.26 Å². The Morgan fingerprint density at radius 2 is 1.63 bits per heavy atom. The molecule has 8 nitrogen and oxygen atoms in total. The summed E-state index contributed by atoms with van der Waals surface area (Å²) in [5.74, 6) is 1.93. The molecule has 0 bridgehead atoms. The van der Waals surface area contributed by atoms with Crippen molar-refractivity contribution >= 4 is 21.7 Å². The molecule has 1 unspecified atom stereocenters. The van der Waals surface area contributed by atoms with Gasteiger partial charge < -0.3 is 0 Å². The molecule has 0 saturated heterocycles. The lowest BCUT2D eigenvalue weighted by atomic mass is 9.68. The standard InChI is InChI=1S/C21H41N3O5S/c1-14(2)11-17(19(25)23-22)18(20(26)24-27)21(12-15(3)4,30(5,28)29)13-16-9-7-6-8-10-16/h14-18,27H,6-13,22H2,1-5H3,(H,23,25)(H,24,26)/t17-,18+,21?/m1/s1. The largest absolute Gasteiger partial charge is 0.294 e. The van der Waals surface area contributed by atoms with E-state index in [1.54, 1.807) is 5.48 Å². The summed E-state index contributed by atoms with van der Waals surface area (Å²) in [6, 6.07) is 0. The number of sulfone groups is 1. The molecule has 30 heavy (non-hydrogen) atoms. The van der Waals surface area contributed by atoms with E-state index in [0.29, 0.717) is 6.42 Å². The third-order valence-corrected chi connectivity index (χ3v) is 8.48. The molecule has 3 atom stereocenters. The molecule has 1 saturated carbocycles. The van der Waals surface area contributed by atoms with E-state index in [9.17, 15) is 23.2 Å². The van der Waals surface area contributed by atoms with Gasteiger partial charge in [0.25, 0.3) is 0 Å². The number of hydroxylamine groups is 1. The van der Waals surface area contributed by atoms with E-state index in [1.165, 1.54) is 0 Å². The Bertz CT molecular complexity index is 674. The Labute approximate surface area is 181 Å². The van der Waals surface area contributed by atoms with E-state index >= 15 is 0 Å². The highest BCUT2D eigenvalue weighted by Gasteiger charge is 2.56.